The first-order valence-corrected chi connectivity index (χ1v) is 10.0. The fourth-order valence-electron chi connectivity index (χ4n) is 3.98. The molecule has 0 amide bonds. The SMILES string of the molecule is CC1CC(c2nc3ccc(-c4ccc5nn(C)cc5c4)cc3s2)CCN1.Cl. The summed E-state index contributed by atoms with van der Waals surface area (Å²) in [6.45, 7) is 3.37. The van der Waals surface area contributed by atoms with Crippen LogP contribution in [0, 0.1) is 0 Å². The molecule has 2 unspecified atom stereocenters. The van der Waals surface area contributed by atoms with Gasteiger partial charge >= 0.3 is 0 Å². The van der Waals surface area contributed by atoms with E-state index in [1.165, 1.54) is 39.1 Å². The topological polar surface area (TPSA) is 42.7 Å². The second-order valence-electron chi connectivity index (χ2n) is 7.39. The van der Waals surface area contributed by atoms with Crippen molar-refractivity contribution in [2.24, 2.45) is 7.05 Å². The summed E-state index contributed by atoms with van der Waals surface area (Å²) >= 11 is 1.87. The van der Waals surface area contributed by atoms with Crippen molar-refractivity contribution in [2.75, 3.05) is 6.54 Å². The molecule has 27 heavy (non-hydrogen) atoms. The van der Waals surface area contributed by atoms with Gasteiger partial charge in [-0.05, 0) is 61.7 Å². The van der Waals surface area contributed by atoms with E-state index in [9.17, 15) is 0 Å². The molecule has 0 spiro atoms. The van der Waals surface area contributed by atoms with Gasteiger partial charge in [0.05, 0.1) is 20.7 Å². The Labute approximate surface area is 169 Å². The Morgan fingerprint density at radius 1 is 1.11 bits per heavy atom. The molecule has 0 bridgehead atoms. The van der Waals surface area contributed by atoms with Crippen LogP contribution >= 0.6 is 23.7 Å². The Bertz CT molecular complexity index is 1100. The lowest BCUT2D eigenvalue weighted by Gasteiger charge is -2.26. The third-order valence-electron chi connectivity index (χ3n) is 5.33. The molecule has 1 saturated heterocycles. The van der Waals surface area contributed by atoms with E-state index in [1.807, 2.05) is 23.1 Å². The molecule has 3 heterocycles. The van der Waals surface area contributed by atoms with Gasteiger partial charge in [-0.2, -0.15) is 5.10 Å². The zero-order valence-corrected chi connectivity index (χ0v) is 17.1. The van der Waals surface area contributed by atoms with Gasteiger partial charge in [-0.3, -0.25) is 4.68 Å². The average molecular weight is 399 g/mol. The molecule has 0 saturated carbocycles. The molecule has 1 aliphatic heterocycles. The van der Waals surface area contributed by atoms with E-state index in [0.717, 1.165) is 17.6 Å². The van der Waals surface area contributed by atoms with Crippen molar-refractivity contribution in [3.8, 4) is 11.1 Å². The summed E-state index contributed by atoms with van der Waals surface area (Å²) in [5, 5.41) is 10.5. The van der Waals surface area contributed by atoms with E-state index in [0.29, 0.717) is 12.0 Å². The van der Waals surface area contributed by atoms with Crippen LogP contribution in [0.2, 0.25) is 0 Å². The molecule has 2 atom stereocenters. The average Bonchev–Trinajstić information content (AvgIpc) is 3.22. The number of nitrogens with zero attached hydrogens (tertiary/aromatic N) is 3. The van der Waals surface area contributed by atoms with Crippen molar-refractivity contribution in [3.63, 3.8) is 0 Å². The molecule has 5 rings (SSSR count). The number of hydrogen-bond acceptors (Lipinski definition) is 4. The van der Waals surface area contributed by atoms with Gasteiger partial charge in [-0.15, -0.1) is 23.7 Å². The number of aromatic nitrogens is 3. The number of fused-ring (bicyclic) bond motifs is 2. The van der Waals surface area contributed by atoms with Crippen LogP contribution in [0.3, 0.4) is 0 Å². The minimum absolute atomic E-state index is 0. The largest absolute Gasteiger partial charge is 0.314 e. The highest BCUT2D eigenvalue weighted by atomic mass is 35.5. The predicted octanol–water partition coefficient (Wildman–Crippen LogP) is 5.13. The van der Waals surface area contributed by atoms with Crippen LogP contribution in [0.4, 0.5) is 0 Å². The maximum atomic E-state index is 4.94. The van der Waals surface area contributed by atoms with Crippen LogP contribution in [0.25, 0.3) is 32.2 Å². The van der Waals surface area contributed by atoms with Crippen molar-refractivity contribution < 1.29 is 0 Å². The number of hydrogen-bond donors (Lipinski definition) is 1. The third kappa shape index (κ3) is 3.47. The normalized spacial score (nSPS) is 20.1. The number of nitrogens with one attached hydrogen (secondary N) is 1. The fraction of sp³-hybridized carbons (Fsp3) is 0.333. The molecule has 140 valence electrons. The molecule has 1 N–H and O–H groups in total. The second kappa shape index (κ2) is 7.23. The summed E-state index contributed by atoms with van der Waals surface area (Å²) in [6, 6.07) is 13.7. The summed E-state index contributed by atoms with van der Waals surface area (Å²) in [5.41, 5.74) is 4.65. The van der Waals surface area contributed by atoms with E-state index < -0.39 is 0 Å². The van der Waals surface area contributed by atoms with Gasteiger partial charge in [-0.1, -0.05) is 12.1 Å². The molecule has 1 fully saturated rings. The number of aryl methyl sites for hydroxylation is 1. The van der Waals surface area contributed by atoms with E-state index in [-0.39, 0.29) is 12.4 Å². The van der Waals surface area contributed by atoms with Gasteiger partial charge in [-0.25, -0.2) is 4.98 Å². The van der Waals surface area contributed by atoms with Crippen LogP contribution < -0.4 is 5.32 Å². The number of halogens is 1. The van der Waals surface area contributed by atoms with Crippen LogP contribution in [-0.2, 0) is 7.05 Å². The van der Waals surface area contributed by atoms with Gasteiger partial charge in [0, 0.05) is 30.6 Å². The van der Waals surface area contributed by atoms with Crippen molar-refractivity contribution in [2.45, 2.75) is 31.7 Å². The van der Waals surface area contributed by atoms with Gasteiger partial charge < -0.3 is 5.32 Å². The molecule has 0 aliphatic carbocycles. The van der Waals surface area contributed by atoms with Crippen molar-refractivity contribution in [3.05, 3.63) is 47.6 Å². The van der Waals surface area contributed by atoms with Gasteiger partial charge in [0.1, 0.15) is 0 Å². The number of thiazole rings is 1. The summed E-state index contributed by atoms with van der Waals surface area (Å²) in [5.74, 6) is 0.596. The van der Waals surface area contributed by atoms with Crippen LogP contribution in [0.5, 0.6) is 0 Å². The molecule has 1 aliphatic rings. The quantitative estimate of drug-likeness (QED) is 0.509. The minimum atomic E-state index is 0. The Morgan fingerprint density at radius 2 is 1.89 bits per heavy atom. The molecule has 0 radical (unpaired) electrons. The Morgan fingerprint density at radius 3 is 2.70 bits per heavy atom. The lowest BCUT2D eigenvalue weighted by atomic mass is 9.94. The van der Waals surface area contributed by atoms with Crippen molar-refractivity contribution in [1.29, 1.82) is 0 Å². The summed E-state index contributed by atoms with van der Waals surface area (Å²) in [7, 11) is 1.96. The summed E-state index contributed by atoms with van der Waals surface area (Å²) in [4.78, 5) is 4.94. The standard InChI is InChI=1S/C21H22N4S.ClH/c1-13-9-16(7-8-22-13)21-23-19-6-4-15(11-20(19)26-21)14-3-5-18-17(10-14)12-25(2)24-18;/h3-6,10-13,16,22H,7-9H2,1-2H3;1H. The highest BCUT2D eigenvalue weighted by Gasteiger charge is 2.22. The summed E-state index contributed by atoms with van der Waals surface area (Å²) in [6.07, 6.45) is 4.44. The lowest BCUT2D eigenvalue weighted by molar-refractivity contribution is 0.381. The maximum absolute atomic E-state index is 4.94. The third-order valence-corrected chi connectivity index (χ3v) is 6.51. The molecule has 2 aromatic heterocycles. The smallest absolute Gasteiger partial charge is 0.0970 e. The molecular weight excluding hydrogens is 376 g/mol. The minimum Gasteiger partial charge on any atom is -0.314 e. The highest BCUT2D eigenvalue weighted by molar-refractivity contribution is 7.18. The Balaban J connectivity index is 0.00000180. The lowest BCUT2D eigenvalue weighted by Crippen LogP contribution is -2.34. The monoisotopic (exact) mass is 398 g/mol. The first kappa shape index (κ1) is 18.4. The molecular formula is C21H23ClN4S. The van der Waals surface area contributed by atoms with Crippen LogP contribution in [0.1, 0.15) is 30.7 Å². The van der Waals surface area contributed by atoms with Crippen LogP contribution in [-0.4, -0.2) is 27.4 Å². The maximum Gasteiger partial charge on any atom is 0.0970 e. The molecule has 4 nitrogen and oxygen atoms in total. The van der Waals surface area contributed by atoms with Gasteiger partial charge in [0.25, 0.3) is 0 Å². The fourth-order valence-corrected chi connectivity index (χ4v) is 5.14. The first-order valence-electron chi connectivity index (χ1n) is 9.23. The van der Waals surface area contributed by atoms with E-state index >= 15 is 0 Å². The molecule has 6 heteroatoms. The van der Waals surface area contributed by atoms with Gasteiger partial charge in [0.2, 0.25) is 0 Å². The first-order chi connectivity index (χ1) is 12.7. The van der Waals surface area contributed by atoms with E-state index in [4.69, 9.17) is 4.98 Å². The van der Waals surface area contributed by atoms with Gasteiger partial charge in [0.15, 0.2) is 0 Å². The zero-order chi connectivity index (χ0) is 17.7. The highest BCUT2D eigenvalue weighted by Crippen LogP contribution is 2.35. The number of rotatable bonds is 2. The van der Waals surface area contributed by atoms with Crippen molar-refractivity contribution >= 4 is 44.9 Å². The summed E-state index contributed by atoms with van der Waals surface area (Å²) < 4.78 is 3.16. The molecule has 4 aromatic rings. The number of piperidine rings is 1. The predicted molar refractivity (Wildman–Crippen MR) is 116 cm³/mol. The molecule has 2 aromatic carbocycles. The Kier molecular flexibility index (Phi) is 4.93. The zero-order valence-electron chi connectivity index (χ0n) is 15.5. The van der Waals surface area contributed by atoms with E-state index in [1.54, 1.807) is 0 Å². The van der Waals surface area contributed by atoms with Crippen LogP contribution in [0.15, 0.2) is 42.6 Å². The van der Waals surface area contributed by atoms with Crippen molar-refractivity contribution in [1.82, 2.24) is 20.1 Å². The van der Waals surface area contributed by atoms with E-state index in [2.05, 4.69) is 59.9 Å². The Hall–Kier alpha value is -1.95. The number of benzene rings is 2. The second-order valence-corrected chi connectivity index (χ2v) is 8.45.